The molecule has 0 saturated heterocycles. The van der Waals surface area contributed by atoms with Gasteiger partial charge in [0.05, 0.1) is 0 Å². The Morgan fingerprint density at radius 2 is 0.621 bits per heavy atom. The summed E-state index contributed by atoms with van der Waals surface area (Å²) in [4.78, 5) is 0. The summed E-state index contributed by atoms with van der Waals surface area (Å²) in [6, 6.07) is 0. The summed E-state index contributed by atoms with van der Waals surface area (Å²) in [6.45, 7) is 26.5. The van der Waals surface area contributed by atoms with Gasteiger partial charge < -0.3 is 26.6 Å². The maximum atomic E-state index is 6.48. The molecular formula is C20H47NO6Si2. The lowest BCUT2D eigenvalue weighted by atomic mass is 10.5. The normalized spacial score (nSPS) is 14.1. The van der Waals surface area contributed by atoms with E-state index in [-0.39, 0.29) is 36.6 Å². The van der Waals surface area contributed by atoms with E-state index in [4.69, 9.17) is 26.6 Å². The van der Waals surface area contributed by atoms with E-state index in [9.17, 15) is 0 Å². The summed E-state index contributed by atoms with van der Waals surface area (Å²) >= 11 is 0. The zero-order chi connectivity index (χ0) is 23.0. The van der Waals surface area contributed by atoms with Crippen LogP contribution in [0.15, 0.2) is 0 Å². The molecule has 0 aromatic heterocycles. The van der Waals surface area contributed by atoms with Crippen molar-refractivity contribution in [1.82, 2.24) is 4.23 Å². The van der Waals surface area contributed by atoms with Crippen molar-refractivity contribution >= 4 is 17.9 Å². The van der Waals surface area contributed by atoms with Gasteiger partial charge in [0.15, 0.2) is 0 Å². The molecule has 29 heavy (non-hydrogen) atoms. The lowest BCUT2D eigenvalue weighted by molar-refractivity contribution is -0.0714. The molecule has 0 aliphatic heterocycles. The fraction of sp³-hybridized carbons (Fsp3) is 1.00. The average molecular weight is 454 g/mol. The Balaban J connectivity index is 6.72. The predicted octanol–water partition coefficient (Wildman–Crippen LogP) is 4.73. The summed E-state index contributed by atoms with van der Waals surface area (Å²) in [5, 5.41) is 0. The number of nitrogens with zero attached hydrogens (tertiary/aromatic N) is 1. The Kier molecular flexibility index (Phi) is 12.9. The van der Waals surface area contributed by atoms with Gasteiger partial charge >= 0.3 is 17.9 Å². The molecule has 9 heteroatoms. The minimum atomic E-state index is -3.43. The van der Waals surface area contributed by atoms with Crippen molar-refractivity contribution in [2.75, 3.05) is 6.54 Å². The molecule has 7 nitrogen and oxygen atoms in total. The molecule has 0 N–H and O–H groups in total. The number of rotatable bonds is 15. The Morgan fingerprint density at radius 1 is 0.448 bits per heavy atom. The summed E-state index contributed by atoms with van der Waals surface area (Å²) in [7, 11) is -6.86. The first-order valence-corrected chi connectivity index (χ1v) is 14.4. The van der Waals surface area contributed by atoms with Crippen LogP contribution in [0.2, 0.25) is 0 Å². The third-order valence-electron chi connectivity index (χ3n) is 3.29. The second-order valence-electron chi connectivity index (χ2n) is 8.79. The molecule has 0 unspecified atom stereocenters. The van der Waals surface area contributed by atoms with E-state index < -0.39 is 17.9 Å². The van der Waals surface area contributed by atoms with Gasteiger partial charge in [-0.25, -0.2) is 4.23 Å². The minimum Gasteiger partial charge on any atom is -0.359 e. The van der Waals surface area contributed by atoms with Gasteiger partial charge in [0.25, 0.3) is 0 Å². The second-order valence-corrected chi connectivity index (χ2v) is 13.8. The lowest BCUT2D eigenvalue weighted by Crippen LogP contribution is -2.77. The molecule has 0 amide bonds. The van der Waals surface area contributed by atoms with Crippen molar-refractivity contribution in [2.24, 2.45) is 0 Å². The maximum Gasteiger partial charge on any atom is 0.598 e. The third kappa shape index (κ3) is 9.88. The van der Waals surface area contributed by atoms with E-state index in [2.05, 4.69) is 0 Å². The fourth-order valence-corrected chi connectivity index (χ4v) is 10.6. The van der Waals surface area contributed by atoms with E-state index in [1.165, 1.54) is 0 Å². The van der Waals surface area contributed by atoms with Gasteiger partial charge in [-0.05, 0) is 89.6 Å². The largest absolute Gasteiger partial charge is 0.598 e. The van der Waals surface area contributed by atoms with Crippen LogP contribution in [0.4, 0.5) is 0 Å². The van der Waals surface area contributed by atoms with E-state index in [0.717, 1.165) is 0 Å². The van der Waals surface area contributed by atoms with Crippen LogP contribution in [0.3, 0.4) is 0 Å². The van der Waals surface area contributed by atoms with Crippen LogP contribution < -0.4 is 0 Å². The number of hydrogen-bond donors (Lipinski definition) is 0. The smallest absolute Gasteiger partial charge is 0.359 e. The topological polar surface area (TPSA) is 58.6 Å². The van der Waals surface area contributed by atoms with Crippen LogP contribution in [0.1, 0.15) is 90.0 Å². The summed E-state index contributed by atoms with van der Waals surface area (Å²) < 4.78 is 40.9. The molecule has 0 aliphatic carbocycles. The lowest BCUT2D eigenvalue weighted by Gasteiger charge is -2.48. The average Bonchev–Trinajstić information content (AvgIpc) is 2.41. The molecule has 0 saturated carbocycles. The standard InChI is InChI=1S/C20H47NO6Si2/c1-14-21(28(22-15(2)3,23-16(4)5)24-17(6)7)29(25-18(8)9,26-19(10)11)27-20(12)13/h15-20H,14H2,1-13H3. The van der Waals surface area contributed by atoms with Gasteiger partial charge in [-0.2, -0.15) is 0 Å². The van der Waals surface area contributed by atoms with Crippen LogP contribution in [0.5, 0.6) is 0 Å². The van der Waals surface area contributed by atoms with Crippen LogP contribution in [0, 0.1) is 0 Å². The molecule has 0 fully saturated rings. The van der Waals surface area contributed by atoms with Crippen LogP contribution in [-0.4, -0.2) is 65.3 Å². The summed E-state index contributed by atoms with van der Waals surface area (Å²) in [6.07, 6.45) is -0.600. The molecule has 0 aliphatic rings. The van der Waals surface area contributed by atoms with Gasteiger partial charge in [0.1, 0.15) is 0 Å². The van der Waals surface area contributed by atoms with Gasteiger partial charge in [-0.1, -0.05) is 6.92 Å². The zero-order valence-corrected chi connectivity index (χ0v) is 23.1. The SMILES string of the molecule is CCN([Si](OC(C)C)(OC(C)C)OC(C)C)[Si](OC(C)C)(OC(C)C)OC(C)C. The van der Waals surface area contributed by atoms with E-state index in [1.54, 1.807) is 0 Å². The molecule has 0 heterocycles. The van der Waals surface area contributed by atoms with Crippen molar-refractivity contribution in [2.45, 2.75) is 127 Å². The van der Waals surface area contributed by atoms with Crippen LogP contribution in [0.25, 0.3) is 0 Å². The molecule has 0 atom stereocenters. The molecule has 0 rings (SSSR count). The van der Waals surface area contributed by atoms with Gasteiger partial charge in [-0.15, -0.1) is 0 Å². The van der Waals surface area contributed by atoms with Crippen molar-refractivity contribution in [1.29, 1.82) is 0 Å². The second kappa shape index (κ2) is 12.9. The summed E-state index contributed by atoms with van der Waals surface area (Å²) in [5.41, 5.74) is 0. The van der Waals surface area contributed by atoms with Crippen molar-refractivity contribution in [3.63, 3.8) is 0 Å². The van der Waals surface area contributed by atoms with Gasteiger partial charge in [-0.3, -0.25) is 0 Å². The van der Waals surface area contributed by atoms with Crippen molar-refractivity contribution < 1.29 is 26.6 Å². The van der Waals surface area contributed by atoms with Crippen molar-refractivity contribution in [3.05, 3.63) is 0 Å². The quantitative estimate of drug-likeness (QED) is 0.332. The highest BCUT2D eigenvalue weighted by Gasteiger charge is 2.66. The zero-order valence-electron chi connectivity index (χ0n) is 21.1. The molecule has 0 aromatic carbocycles. The van der Waals surface area contributed by atoms with Gasteiger partial charge in [0.2, 0.25) is 0 Å². The number of hydrogen-bond acceptors (Lipinski definition) is 7. The Morgan fingerprint density at radius 3 is 0.724 bits per heavy atom. The minimum absolute atomic E-state index is 0.0999. The highest BCUT2D eigenvalue weighted by atomic mass is 28.5. The summed E-state index contributed by atoms with van der Waals surface area (Å²) in [5.74, 6) is 0. The van der Waals surface area contributed by atoms with Crippen LogP contribution in [-0.2, 0) is 26.6 Å². The van der Waals surface area contributed by atoms with E-state index >= 15 is 0 Å². The van der Waals surface area contributed by atoms with Gasteiger partial charge in [0, 0.05) is 36.6 Å². The molecule has 0 spiro atoms. The third-order valence-corrected chi connectivity index (χ3v) is 11.5. The van der Waals surface area contributed by atoms with E-state index in [0.29, 0.717) is 6.54 Å². The predicted molar refractivity (Wildman–Crippen MR) is 121 cm³/mol. The van der Waals surface area contributed by atoms with E-state index in [1.807, 2.05) is 94.2 Å². The molecule has 0 radical (unpaired) electrons. The first-order chi connectivity index (χ1) is 13.2. The fourth-order valence-electron chi connectivity index (χ4n) is 2.89. The Hall–Kier alpha value is 0.154. The van der Waals surface area contributed by atoms with Crippen molar-refractivity contribution in [3.8, 4) is 0 Å². The highest BCUT2D eigenvalue weighted by molar-refractivity contribution is 6.75. The first kappa shape index (κ1) is 29.2. The Bertz CT molecular complexity index is 356. The molecule has 176 valence electrons. The Labute approximate surface area is 182 Å². The first-order valence-electron chi connectivity index (χ1n) is 11.0. The molecule has 0 bridgehead atoms. The molecule has 0 aromatic rings. The highest BCUT2D eigenvalue weighted by Crippen LogP contribution is 2.31. The maximum absolute atomic E-state index is 6.48. The van der Waals surface area contributed by atoms with Crippen LogP contribution >= 0.6 is 0 Å². The monoisotopic (exact) mass is 453 g/mol. The molecular weight excluding hydrogens is 406 g/mol.